The molecule has 1 saturated heterocycles. The van der Waals surface area contributed by atoms with Crippen LogP contribution in [0.5, 0.6) is 0 Å². The van der Waals surface area contributed by atoms with E-state index in [0.717, 1.165) is 6.42 Å². The van der Waals surface area contributed by atoms with E-state index < -0.39 is 0 Å². The van der Waals surface area contributed by atoms with Crippen LogP contribution >= 0.6 is 0 Å². The topological polar surface area (TPSA) is 64.3 Å². The largest absolute Gasteiger partial charge is 0.374 e. The molecule has 0 radical (unpaired) electrons. The lowest BCUT2D eigenvalue weighted by atomic mass is 9.88. The maximum Gasteiger partial charge on any atom is 0.226 e. The molecule has 1 rings (SSSR count). The van der Waals surface area contributed by atoms with Gasteiger partial charge in [0.1, 0.15) is 0 Å². The number of hydrogen-bond donors (Lipinski definition) is 2. The lowest BCUT2D eigenvalue weighted by molar-refractivity contribution is -0.127. The van der Waals surface area contributed by atoms with Gasteiger partial charge in [-0.15, -0.1) is 0 Å². The van der Waals surface area contributed by atoms with Gasteiger partial charge in [-0.3, -0.25) is 4.79 Å². The molecule has 1 amide bonds. The number of hydrogen-bond acceptors (Lipinski definition) is 3. The Hall–Kier alpha value is -0.610. The summed E-state index contributed by atoms with van der Waals surface area (Å²) in [5.74, 6) is 0.348. The van der Waals surface area contributed by atoms with Gasteiger partial charge >= 0.3 is 0 Å². The van der Waals surface area contributed by atoms with Gasteiger partial charge in [-0.2, -0.15) is 0 Å². The molecule has 1 aliphatic heterocycles. The van der Waals surface area contributed by atoms with Crippen molar-refractivity contribution in [1.29, 1.82) is 0 Å². The van der Waals surface area contributed by atoms with Crippen molar-refractivity contribution >= 4 is 5.91 Å². The van der Waals surface area contributed by atoms with Crippen molar-refractivity contribution in [2.75, 3.05) is 6.54 Å². The van der Waals surface area contributed by atoms with Crippen LogP contribution in [0.3, 0.4) is 0 Å². The van der Waals surface area contributed by atoms with Gasteiger partial charge in [-0.1, -0.05) is 6.92 Å². The van der Waals surface area contributed by atoms with Crippen molar-refractivity contribution in [1.82, 2.24) is 5.32 Å². The minimum atomic E-state index is -0.0322. The van der Waals surface area contributed by atoms with Crippen molar-refractivity contribution < 1.29 is 9.53 Å². The highest BCUT2D eigenvalue weighted by atomic mass is 16.5. The summed E-state index contributed by atoms with van der Waals surface area (Å²) in [4.78, 5) is 12.1. The van der Waals surface area contributed by atoms with E-state index in [1.807, 2.05) is 20.8 Å². The SMILES string of the molecule is CC(CCN)NC(=O)C1C(C)OC(C)C1C. The van der Waals surface area contributed by atoms with Gasteiger partial charge in [0.05, 0.1) is 18.1 Å². The summed E-state index contributed by atoms with van der Waals surface area (Å²) < 4.78 is 5.66. The van der Waals surface area contributed by atoms with Gasteiger partial charge in [0.15, 0.2) is 0 Å². The van der Waals surface area contributed by atoms with Crippen LogP contribution in [-0.4, -0.2) is 30.7 Å². The molecule has 4 nitrogen and oxygen atoms in total. The fraction of sp³-hybridized carbons (Fsp3) is 0.917. The average molecular weight is 228 g/mol. The van der Waals surface area contributed by atoms with Crippen LogP contribution in [0.1, 0.15) is 34.1 Å². The average Bonchev–Trinajstić information content (AvgIpc) is 2.41. The molecule has 0 bridgehead atoms. The summed E-state index contributed by atoms with van der Waals surface area (Å²) in [6.45, 7) is 8.66. The standard InChI is InChI=1S/C12H24N2O2/c1-7(5-6-13)14-12(15)11-8(2)9(3)16-10(11)4/h7-11H,5-6,13H2,1-4H3,(H,14,15). The first-order chi connectivity index (χ1) is 7.47. The molecule has 1 fully saturated rings. The molecular formula is C12H24N2O2. The molecule has 0 aliphatic carbocycles. The van der Waals surface area contributed by atoms with Crippen molar-refractivity contribution in [2.24, 2.45) is 17.6 Å². The first-order valence-electron chi connectivity index (χ1n) is 6.13. The molecule has 94 valence electrons. The molecule has 5 unspecified atom stereocenters. The van der Waals surface area contributed by atoms with Gasteiger partial charge in [-0.25, -0.2) is 0 Å². The highest BCUT2D eigenvalue weighted by molar-refractivity contribution is 5.80. The van der Waals surface area contributed by atoms with Crippen LogP contribution in [-0.2, 0) is 9.53 Å². The van der Waals surface area contributed by atoms with Crippen LogP contribution in [0, 0.1) is 11.8 Å². The second-order valence-corrected chi connectivity index (χ2v) is 4.92. The second-order valence-electron chi connectivity index (χ2n) is 4.92. The second kappa shape index (κ2) is 5.64. The summed E-state index contributed by atoms with van der Waals surface area (Å²) in [7, 11) is 0. The van der Waals surface area contributed by atoms with Crippen LogP contribution in [0.4, 0.5) is 0 Å². The van der Waals surface area contributed by atoms with Crippen LogP contribution in [0.2, 0.25) is 0 Å². The van der Waals surface area contributed by atoms with Gasteiger partial charge < -0.3 is 15.8 Å². The van der Waals surface area contributed by atoms with Crippen molar-refractivity contribution in [3.63, 3.8) is 0 Å². The number of amides is 1. The molecule has 1 aliphatic rings. The third-order valence-corrected chi connectivity index (χ3v) is 3.53. The van der Waals surface area contributed by atoms with E-state index in [9.17, 15) is 4.79 Å². The van der Waals surface area contributed by atoms with E-state index in [4.69, 9.17) is 10.5 Å². The molecule has 5 atom stereocenters. The number of rotatable bonds is 4. The Morgan fingerprint density at radius 2 is 2.00 bits per heavy atom. The number of carbonyl (C=O) groups excluding carboxylic acids is 1. The zero-order valence-corrected chi connectivity index (χ0v) is 10.7. The van der Waals surface area contributed by atoms with E-state index in [-0.39, 0.29) is 36.0 Å². The molecule has 1 heterocycles. The third kappa shape index (κ3) is 2.95. The third-order valence-electron chi connectivity index (χ3n) is 3.53. The van der Waals surface area contributed by atoms with Crippen LogP contribution < -0.4 is 11.1 Å². The lowest BCUT2D eigenvalue weighted by Gasteiger charge is -2.21. The first-order valence-corrected chi connectivity index (χ1v) is 6.13. The Morgan fingerprint density at radius 1 is 1.38 bits per heavy atom. The first kappa shape index (κ1) is 13.5. The van der Waals surface area contributed by atoms with Gasteiger partial charge in [0.2, 0.25) is 5.91 Å². The highest BCUT2D eigenvalue weighted by Gasteiger charge is 2.41. The molecule has 0 saturated carbocycles. The molecular weight excluding hydrogens is 204 g/mol. The van der Waals surface area contributed by atoms with E-state index in [1.54, 1.807) is 0 Å². The van der Waals surface area contributed by atoms with E-state index >= 15 is 0 Å². The quantitative estimate of drug-likeness (QED) is 0.751. The lowest BCUT2D eigenvalue weighted by Crippen LogP contribution is -2.42. The van der Waals surface area contributed by atoms with Gasteiger partial charge in [0.25, 0.3) is 0 Å². The molecule has 0 aromatic heterocycles. The molecule has 4 heteroatoms. The summed E-state index contributed by atoms with van der Waals surface area (Å²) >= 11 is 0. The summed E-state index contributed by atoms with van der Waals surface area (Å²) in [6, 6.07) is 0.146. The maximum atomic E-state index is 12.1. The number of ether oxygens (including phenoxy) is 1. The predicted molar refractivity (Wildman–Crippen MR) is 63.9 cm³/mol. The van der Waals surface area contributed by atoms with E-state index in [2.05, 4.69) is 12.2 Å². The summed E-state index contributed by atoms with van der Waals surface area (Å²) in [5, 5.41) is 3.01. The van der Waals surface area contributed by atoms with E-state index in [1.165, 1.54) is 0 Å². The Kier molecular flexibility index (Phi) is 4.74. The van der Waals surface area contributed by atoms with Crippen molar-refractivity contribution in [3.8, 4) is 0 Å². The fourth-order valence-electron chi connectivity index (χ4n) is 2.38. The van der Waals surface area contributed by atoms with Crippen LogP contribution in [0.25, 0.3) is 0 Å². The normalized spacial score (nSPS) is 36.1. The van der Waals surface area contributed by atoms with Crippen molar-refractivity contribution in [2.45, 2.75) is 52.4 Å². The number of nitrogens with two attached hydrogens (primary N) is 1. The van der Waals surface area contributed by atoms with Crippen molar-refractivity contribution in [3.05, 3.63) is 0 Å². The maximum absolute atomic E-state index is 12.1. The highest BCUT2D eigenvalue weighted by Crippen LogP contribution is 2.32. The molecule has 3 N–H and O–H groups in total. The monoisotopic (exact) mass is 228 g/mol. The predicted octanol–water partition coefficient (Wildman–Crippen LogP) is 0.899. The van der Waals surface area contributed by atoms with E-state index in [0.29, 0.717) is 6.54 Å². The zero-order valence-electron chi connectivity index (χ0n) is 10.7. The smallest absolute Gasteiger partial charge is 0.226 e. The number of nitrogens with one attached hydrogen (secondary N) is 1. The molecule has 0 aromatic carbocycles. The zero-order chi connectivity index (χ0) is 12.3. The summed E-state index contributed by atoms with van der Waals surface area (Å²) in [5.41, 5.74) is 5.46. The molecule has 0 spiro atoms. The van der Waals surface area contributed by atoms with Crippen LogP contribution in [0.15, 0.2) is 0 Å². The Balaban J connectivity index is 2.53. The van der Waals surface area contributed by atoms with Gasteiger partial charge in [0, 0.05) is 6.04 Å². The minimum absolute atomic E-state index is 0.00933. The Morgan fingerprint density at radius 3 is 2.44 bits per heavy atom. The summed E-state index contributed by atoms with van der Waals surface area (Å²) in [6.07, 6.45) is 0.989. The minimum Gasteiger partial charge on any atom is -0.374 e. The molecule has 16 heavy (non-hydrogen) atoms. The molecule has 0 aromatic rings. The fourth-order valence-corrected chi connectivity index (χ4v) is 2.38. The Labute approximate surface area is 97.9 Å². The van der Waals surface area contributed by atoms with Gasteiger partial charge in [-0.05, 0) is 39.7 Å². The number of carbonyl (C=O) groups is 1. The Bertz CT molecular complexity index is 245.